The molecule has 0 aromatic rings. The molecule has 1 fully saturated rings. The van der Waals surface area contributed by atoms with Crippen molar-refractivity contribution in [3.63, 3.8) is 0 Å². The summed E-state index contributed by atoms with van der Waals surface area (Å²) in [6.45, 7) is 2.04. The van der Waals surface area contributed by atoms with E-state index in [-0.39, 0.29) is 25.4 Å². The first-order valence-corrected chi connectivity index (χ1v) is 6.06. The molecule has 0 unspecified atom stereocenters. The van der Waals surface area contributed by atoms with Crippen LogP contribution in [0.15, 0.2) is 0 Å². The Balaban J connectivity index is 2.65. The SMILES string of the molecule is CCNC(=O)CN(C)C(=O)N1C[C@H](O)C[C@H]1C(=O)O. The van der Waals surface area contributed by atoms with E-state index in [0.717, 1.165) is 9.80 Å². The average molecular weight is 273 g/mol. The predicted octanol–water partition coefficient (Wildman–Crippen LogP) is -1.31. The lowest BCUT2D eigenvalue weighted by Crippen LogP contribution is -2.49. The zero-order valence-electron chi connectivity index (χ0n) is 11.0. The summed E-state index contributed by atoms with van der Waals surface area (Å²) in [4.78, 5) is 36.6. The molecule has 1 saturated heterocycles. The molecule has 8 heteroatoms. The number of carbonyl (C=O) groups excluding carboxylic acids is 2. The van der Waals surface area contributed by atoms with Crippen molar-refractivity contribution >= 4 is 17.9 Å². The van der Waals surface area contributed by atoms with Gasteiger partial charge in [-0.25, -0.2) is 9.59 Å². The van der Waals surface area contributed by atoms with Gasteiger partial charge in [0.2, 0.25) is 5.91 Å². The second-order valence-corrected chi connectivity index (χ2v) is 4.49. The molecule has 2 atom stereocenters. The number of nitrogens with one attached hydrogen (secondary N) is 1. The summed E-state index contributed by atoms with van der Waals surface area (Å²) in [5.41, 5.74) is 0. The van der Waals surface area contributed by atoms with Crippen LogP contribution in [0.5, 0.6) is 0 Å². The molecule has 108 valence electrons. The molecule has 0 bridgehead atoms. The van der Waals surface area contributed by atoms with Crippen molar-refractivity contribution in [3.05, 3.63) is 0 Å². The number of β-amino-alcohol motifs (C(OH)–C–C–N with tert-alkyl or cyclic N) is 1. The molecule has 0 radical (unpaired) electrons. The van der Waals surface area contributed by atoms with E-state index in [1.807, 2.05) is 0 Å². The summed E-state index contributed by atoms with van der Waals surface area (Å²) < 4.78 is 0. The van der Waals surface area contributed by atoms with E-state index in [9.17, 15) is 19.5 Å². The number of rotatable bonds is 4. The molecule has 1 rings (SSSR count). The normalized spacial score (nSPS) is 22.2. The third-order valence-corrected chi connectivity index (χ3v) is 2.89. The molecule has 3 N–H and O–H groups in total. The Morgan fingerprint density at radius 2 is 2.05 bits per heavy atom. The van der Waals surface area contributed by atoms with E-state index in [4.69, 9.17) is 5.11 Å². The Kier molecular flexibility index (Phi) is 5.11. The van der Waals surface area contributed by atoms with Gasteiger partial charge in [0.25, 0.3) is 0 Å². The number of carboxylic acid groups (broad SMARTS) is 1. The van der Waals surface area contributed by atoms with Crippen molar-refractivity contribution in [1.29, 1.82) is 0 Å². The largest absolute Gasteiger partial charge is 0.480 e. The van der Waals surface area contributed by atoms with Crippen molar-refractivity contribution < 1.29 is 24.6 Å². The van der Waals surface area contributed by atoms with Crippen LogP contribution in [0.1, 0.15) is 13.3 Å². The number of hydrogen-bond acceptors (Lipinski definition) is 4. The third-order valence-electron chi connectivity index (χ3n) is 2.89. The van der Waals surface area contributed by atoms with Crippen LogP contribution < -0.4 is 5.32 Å². The van der Waals surface area contributed by atoms with Crippen LogP contribution >= 0.6 is 0 Å². The van der Waals surface area contributed by atoms with Crippen LogP contribution in [0.2, 0.25) is 0 Å². The number of amides is 3. The molecular formula is C11H19N3O5. The van der Waals surface area contributed by atoms with Crippen LogP contribution in [0.3, 0.4) is 0 Å². The van der Waals surface area contributed by atoms with E-state index in [0.29, 0.717) is 6.54 Å². The van der Waals surface area contributed by atoms with Crippen molar-refractivity contribution in [3.8, 4) is 0 Å². The van der Waals surface area contributed by atoms with Gasteiger partial charge >= 0.3 is 12.0 Å². The lowest BCUT2D eigenvalue weighted by atomic mass is 10.2. The van der Waals surface area contributed by atoms with E-state index in [1.165, 1.54) is 7.05 Å². The van der Waals surface area contributed by atoms with Crippen LogP contribution in [-0.2, 0) is 9.59 Å². The molecule has 0 saturated carbocycles. The van der Waals surface area contributed by atoms with E-state index >= 15 is 0 Å². The number of aliphatic carboxylic acids is 1. The maximum atomic E-state index is 12.0. The first-order valence-electron chi connectivity index (χ1n) is 6.06. The summed E-state index contributed by atoms with van der Waals surface area (Å²) in [6, 6.07) is -1.62. The smallest absolute Gasteiger partial charge is 0.326 e. The Morgan fingerprint density at radius 3 is 2.58 bits per heavy atom. The Labute approximate surface area is 111 Å². The van der Waals surface area contributed by atoms with Gasteiger partial charge in [-0.05, 0) is 6.92 Å². The topological polar surface area (TPSA) is 110 Å². The Morgan fingerprint density at radius 1 is 1.42 bits per heavy atom. The molecule has 0 aromatic carbocycles. The molecule has 19 heavy (non-hydrogen) atoms. The number of carboxylic acids is 1. The second kappa shape index (κ2) is 6.37. The number of carbonyl (C=O) groups is 3. The zero-order valence-corrected chi connectivity index (χ0v) is 11.0. The predicted molar refractivity (Wildman–Crippen MR) is 65.5 cm³/mol. The number of likely N-dealkylation sites (N-methyl/N-ethyl adjacent to an activating group) is 2. The molecule has 1 aliphatic rings. The van der Waals surface area contributed by atoms with E-state index in [2.05, 4.69) is 5.32 Å². The monoisotopic (exact) mass is 273 g/mol. The quantitative estimate of drug-likeness (QED) is 0.589. The maximum absolute atomic E-state index is 12.0. The third kappa shape index (κ3) is 3.82. The van der Waals surface area contributed by atoms with Gasteiger partial charge in [0, 0.05) is 26.6 Å². The van der Waals surface area contributed by atoms with Crippen molar-refractivity contribution in [2.75, 3.05) is 26.7 Å². The Hall–Kier alpha value is -1.83. The fourth-order valence-corrected chi connectivity index (χ4v) is 2.01. The molecular weight excluding hydrogens is 254 g/mol. The molecule has 3 amide bonds. The lowest BCUT2D eigenvalue weighted by Gasteiger charge is -2.27. The highest BCUT2D eigenvalue weighted by Crippen LogP contribution is 2.19. The van der Waals surface area contributed by atoms with Crippen LogP contribution in [0.4, 0.5) is 4.79 Å². The molecule has 0 aliphatic carbocycles. The molecule has 1 heterocycles. The van der Waals surface area contributed by atoms with Gasteiger partial charge in [-0.1, -0.05) is 0 Å². The Bertz CT molecular complexity index is 373. The molecule has 8 nitrogen and oxygen atoms in total. The van der Waals surface area contributed by atoms with Gasteiger partial charge in [-0.3, -0.25) is 4.79 Å². The number of urea groups is 1. The van der Waals surface area contributed by atoms with Crippen LogP contribution in [0.25, 0.3) is 0 Å². The van der Waals surface area contributed by atoms with Crippen molar-refractivity contribution in [1.82, 2.24) is 15.1 Å². The number of aliphatic hydroxyl groups is 1. The van der Waals surface area contributed by atoms with Gasteiger partial charge in [0.15, 0.2) is 0 Å². The molecule has 0 spiro atoms. The van der Waals surface area contributed by atoms with Gasteiger partial charge in [-0.15, -0.1) is 0 Å². The minimum atomic E-state index is -1.16. The number of aliphatic hydroxyl groups excluding tert-OH is 1. The zero-order chi connectivity index (χ0) is 14.6. The highest BCUT2D eigenvalue weighted by Gasteiger charge is 2.40. The lowest BCUT2D eigenvalue weighted by molar-refractivity contribution is -0.141. The van der Waals surface area contributed by atoms with Gasteiger partial charge in [-0.2, -0.15) is 0 Å². The van der Waals surface area contributed by atoms with Gasteiger partial charge in [0.05, 0.1) is 6.10 Å². The summed E-state index contributed by atoms with van der Waals surface area (Å²) in [7, 11) is 1.42. The average Bonchev–Trinajstić information content (AvgIpc) is 2.70. The fourth-order valence-electron chi connectivity index (χ4n) is 2.01. The summed E-state index contributed by atoms with van der Waals surface area (Å²) in [6.07, 6.45) is -0.835. The summed E-state index contributed by atoms with van der Waals surface area (Å²) in [5.74, 6) is -1.47. The number of hydrogen-bond donors (Lipinski definition) is 3. The maximum Gasteiger partial charge on any atom is 0.326 e. The van der Waals surface area contributed by atoms with Gasteiger partial charge in [0.1, 0.15) is 12.6 Å². The number of likely N-dealkylation sites (tertiary alicyclic amines) is 1. The van der Waals surface area contributed by atoms with E-state index in [1.54, 1.807) is 6.92 Å². The highest BCUT2D eigenvalue weighted by molar-refractivity contribution is 5.87. The van der Waals surface area contributed by atoms with Crippen LogP contribution in [-0.4, -0.2) is 76.7 Å². The van der Waals surface area contributed by atoms with Crippen molar-refractivity contribution in [2.45, 2.75) is 25.5 Å². The van der Waals surface area contributed by atoms with Gasteiger partial charge < -0.3 is 25.3 Å². The molecule has 0 aromatic heterocycles. The standard InChI is InChI=1S/C11H19N3O5/c1-3-12-9(16)6-13(2)11(19)14-5-7(15)4-8(14)10(17)18/h7-8,15H,3-6H2,1-2H3,(H,12,16)(H,17,18)/t7-,8+/m1/s1. The van der Waals surface area contributed by atoms with E-state index < -0.39 is 24.1 Å². The fraction of sp³-hybridized carbons (Fsp3) is 0.727. The molecule has 1 aliphatic heterocycles. The minimum absolute atomic E-state index is 0.00999. The first-order chi connectivity index (χ1) is 8.86. The summed E-state index contributed by atoms with van der Waals surface area (Å²) >= 11 is 0. The second-order valence-electron chi connectivity index (χ2n) is 4.49. The first kappa shape index (κ1) is 15.2. The van der Waals surface area contributed by atoms with Crippen LogP contribution in [0, 0.1) is 0 Å². The summed E-state index contributed by atoms with van der Waals surface area (Å²) in [5, 5.41) is 21.0. The van der Waals surface area contributed by atoms with Crippen molar-refractivity contribution in [2.24, 2.45) is 0 Å². The highest BCUT2D eigenvalue weighted by atomic mass is 16.4. The minimum Gasteiger partial charge on any atom is -0.480 e. The number of nitrogens with zero attached hydrogens (tertiary/aromatic N) is 2.